The number of rotatable bonds is 5. The van der Waals surface area contributed by atoms with Gasteiger partial charge in [-0.3, -0.25) is 4.79 Å². The van der Waals surface area contributed by atoms with Gasteiger partial charge in [0.2, 0.25) is 0 Å². The van der Waals surface area contributed by atoms with Crippen LogP contribution in [0, 0.1) is 10.8 Å². The molecule has 4 rings (SSSR count). The van der Waals surface area contributed by atoms with E-state index < -0.39 is 5.91 Å². The van der Waals surface area contributed by atoms with E-state index in [2.05, 4.69) is 56.3 Å². The molecule has 3 N–H and O–H groups in total. The third kappa shape index (κ3) is 3.09. The fourth-order valence-corrected chi connectivity index (χ4v) is 4.81. The van der Waals surface area contributed by atoms with Crippen LogP contribution in [-0.4, -0.2) is 21.6 Å². The van der Waals surface area contributed by atoms with E-state index in [9.17, 15) is 4.79 Å². The second-order valence-electron chi connectivity index (χ2n) is 9.09. The van der Waals surface area contributed by atoms with Gasteiger partial charge in [-0.1, -0.05) is 64.4 Å². The fourth-order valence-electron chi connectivity index (χ4n) is 4.81. The maximum Gasteiger partial charge on any atom is 0.252 e. The molecule has 3 aromatic rings. The Morgan fingerprint density at radius 1 is 1.24 bits per heavy atom. The van der Waals surface area contributed by atoms with Crippen molar-refractivity contribution in [2.75, 3.05) is 5.32 Å². The average molecular weight is 391 g/mol. The molecule has 1 saturated carbocycles. The maximum atomic E-state index is 12.2. The normalized spacial score (nSPS) is 23.4. The molecule has 1 aliphatic carbocycles. The number of nitrogens with zero attached hydrogens (tertiary/aromatic N) is 2. The van der Waals surface area contributed by atoms with Crippen molar-refractivity contribution in [2.45, 2.75) is 53.0 Å². The van der Waals surface area contributed by atoms with Gasteiger partial charge in [0, 0.05) is 17.8 Å². The standard InChI is InChI=1S/C24H30N4O/c1-5-24(4)12-11-20(23(24,2)3)27-21-18(22(25)29)14-26-28-15-17(13-19(21)28)16-9-7-6-8-10-16/h6-10,13-15,20,27H,5,11-12H2,1-4H3,(H2,25,29)/t20-,24+/m1/s1. The molecule has 152 valence electrons. The van der Waals surface area contributed by atoms with Crippen LogP contribution < -0.4 is 11.1 Å². The highest BCUT2D eigenvalue weighted by molar-refractivity contribution is 6.02. The Balaban J connectivity index is 1.81. The molecule has 0 bridgehead atoms. The summed E-state index contributed by atoms with van der Waals surface area (Å²) in [7, 11) is 0. The van der Waals surface area contributed by atoms with Gasteiger partial charge in [-0.2, -0.15) is 5.10 Å². The number of hydrogen-bond acceptors (Lipinski definition) is 3. The van der Waals surface area contributed by atoms with Gasteiger partial charge in [-0.05, 0) is 35.3 Å². The lowest BCUT2D eigenvalue weighted by atomic mass is 9.66. The largest absolute Gasteiger partial charge is 0.379 e. The van der Waals surface area contributed by atoms with Crippen LogP contribution in [0.1, 0.15) is 57.3 Å². The summed E-state index contributed by atoms with van der Waals surface area (Å²) in [5.74, 6) is -0.459. The van der Waals surface area contributed by atoms with Crippen LogP contribution in [0.2, 0.25) is 0 Å². The summed E-state index contributed by atoms with van der Waals surface area (Å²) in [4.78, 5) is 12.2. The number of nitrogens with one attached hydrogen (secondary N) is 1. The van der Waals surface area contributed by atoms with Crippen LogP contribution in [0.5, 0.6) is 0 Å². The van der Waals surface area contributed by atoms with E-state index in [-0.39, 0.29) is 16.9 Å². The summed E-state index contributed by atoms with van der Waals surface area (Å²) in [6.07, 6.45) is 6.94. The summed E-state index contributed by atoms with van der Waals surface area (Å²) in [6.45, 7) is 9.30. The Morgan fingerprint density at radius 2 is 1.97 bits per heavy atom. The van der Waals surface area contributed by atoms with Gasteiger partial charge in [-0.25, -0.2) is 4.52 Å². The van der Waals surface area contributed by atoms with Crippen molar-refractivity contribution in [1.82, 2.24) is 9.61 Å². The predicted molar refractivity (Wildman–Crippen MR) is 118 cm³/mol. The zero-order chi connectivity index (χ0) is 20.8. The predicted octanol–water partition coefficient (Wildman–Crippen LogP) is 5.12. The maximum absolute atomic E-state index is 12.2. The summed E-state index contributed by atoms with van der Waals surface area (Å²) in [5.41, 5.74) is 10.3. The lowest BCUT2D eigenvalue weighted by Gasteiger charge is -2.42. The fraction of sp³-hybridized carbons (Fsp3) is 0.417. The van der Waals surface area contributed by atoms with Crippen molar-refractivity contribution in [3.05, 3.63) is 54.4 Å². The molecule has 1 aliphatic rings. The van der Waals surface area contributed by atoms with Crippen LogP contribution in [-0.2, 0) is 0 Å². The minimum Gasteiger partial charge on any atom is -0.379 e. The van der Waals surface area contributed by atoms with Gasteiger partial charge < -0.3 is 11.1 Å². The van der Waals surface area contributed by atoms with Gasteiger partial charge >= 0.3 is 0 Å². The quantitative estimate of drug-likeness (QED) is 0.635. The average Bonchev–Trinajstić information content (AvgIpc) is 3.24. The number of aromatic nitrogens is 2. The van der Waals surface area contributed by atoms with Gasteiger partial charge in [0.1, 0.15) is 0 Å². The molecule has 0 spiro atoms. The molecule has 0 unspecified atom stereocenters. The zero-order valence-electron chi connectivity index (χ0n) is 17.7. The van der Waals surface area contributed by atoms with E-state index in [1.807, 2.05) is 28.9 Å². The van der Waals surface area contributed by atoms with Crippen molar-refractivity contribution in [3.63, 3.8) is 0 Å². The SMILES string of the molecule is CC[C@@]1(C)CC[C@@H](Nc2c(C(N)=O)cnn3cc(-c4ccccc4)cc23)C1(C)C. The first-order valence-corrected chi connectivity index (χ1v) is 10.4. The highest BCUT2D eigenvalue weighted by atomic mass is 16.1. The number of benzene rings is 1. The number of fused-ring (bicyclic) bond motifs is 1. The lowest BCUT2D eigenvalue weighted by molar-refractivity contribution is 0.1000. The first-order valence-electron chi connectivity index (χ1n) is 10.4. The molecule has 5 nitrogen and oxygen atoms in total. The number of anilines is 1. The second kappa shape index (κ2) is 6.90. The molecule has 2 atom stereocenters. The molecule has 0 saturated heterocycles. The molecule has 0 aliphatic heterocycles. The number of amides is 1. The van der Waals surface area contributed by atoms with Crippen molar-refractivity contribution in [1.29, 1.82) is 0 Å². The smallest absolute Gasteiger partial charge is 0.252 e. The number of primary amides is 1. The third-order valence-electron chi connectivity index (χ3n) is 7.52. The van der Waals surface area contributed by atoms with Gasteiger partial charge in [0.15, 0.2) is 0 Å². The number of carbonyl (C=O) groups excluding carboxylic acids is 1. The Kier molecular flexibility index (Phi) is 4.64. The lowest BCUT2D eigenvalue weighted by Crippen LogP contribution is -2.40. The zero-order valence-corrected chi connectivity index (χ0v) is 17.7. The molecular formula is C24H30N4O. The summed E-state index contributed by atoms with van der Waals surface area (Å²) >= 11 is 0. The molecule has 0 radical (unpaired) electrons. The molecular weight excluding hydrogens is 360 g/mol. The highest BCUT2D eigenvalue weighted by Gasteiger charge is 2.50. The molecule has 5 heteroatoms. The first kappa shape index (κ1) is 19.5. The minimum absolute atomic E-state index is 0.0891. The van der Waals surface area contributed by atoms with Gasteiger partial charge in [0.25, 0.3) is 5.91 Å². The van der Waals surface area contributed by atoms with E-state index in [0.29, 0.717) is 5.56 Å². The van der Waals surface area contributed by atoms with Gasteiger partial charge in [-0.15, -0.1) is 0 Å². The molecule has 1 amide bonds. The number of carbonyl (C=O) groups is 1. The Morgan fingerprint density at radius 3 is 2.59 bits per heavy atom. The molecule has 1 fully saturated rings. The van der Waals surface area contributed by atoms with Crippen LogP contribution in [0.3, 0.4) is 0 Å². The Hall–Kier alpha value is -2.82. The molecule has 2 aromatic heterocycles. The summed E-state index contributed by atoms with van der Waals surface area (Å²) < 4.78 is 1.83. The van der Waals surface area contributed by atoms with Crippen molar-refractivity contribution in [3.8, 4) is 11.1 Å². The van der Waals surface area contributed by atoms with Crippen LogP contribution in [0.15, 0.2) is 48.8 Å². The second-order valence-corrected chi connectivity index (χ2v) is 9.09. The topological polar surface area (TPSA) is 72.4 Å². The van der Waals surface area contributed by atoms with E-state index in [1.54, 1.807) is 6.20 Å². The summed E-state index contributed by atoms with van der Waals surface area (Å²) in [6, 6.07) is 12.5. The first-order chi connectivity index (χ1) is 13.8. The van der Waals surface area contributed by atoms with Gasteiger partial charge in [0.05, 0.1) is 23.0 Å². The highest BCUT2D eigenvalue weighted by Crippen LogP contribution is 2.55. The molecule has 2 heterocycles. The number of nitrogens with two attached hydrogens (primary N) is 1. The van der Waals surface area contributed by atoms with Crippen molar-refractivity contribution in [2.24, 2.45) is 16.6 Å². The van der Waals surface area contributed by atoms with E-state index in [1.165, 1.54) is 0 Å². The van der Waals surface area contributed by atoms with Crippen LogP contribution >= 0.6 is 0 Å². The number of hydrogen-bond donors (Lipinski definition) is 2. The third-order valence-corrected chi connectivity index (χ3v) is 7.52. The minimum atomic E-state index is -0.459. The Labute approximate surface area is 172 Å². The van der Waals surface area contributed by atoms with E-state index >= 15 is 0 Å². The molecule has 29 heavy (non-hydrogen) atoms. The Bertz CT molecular complexity index is 1050. The molecule has 1 aromatic carbocycles. The van der Waals surface area contributed by atoms with Crippen LogP contribution in [0.25, 0.3) is 16.6 Å². The van der Waals surface area contributed by atoms with Crippen molar-refractivity contribution >= 4 is 17.1 Å². The van der Waals surface area contributed by atoms with E-state index in [4.69, 9.17) is 5.73 Å². The van der Waals surface area contributed by atoms with E-state index in [0.717, 1.165) is 41.6 Å². The van der Waals surface area contributed by atoms with Crippen molar-refractivity contribution < 1.29 is 4.79 Å². The van der Waals surface area contributed by atoms with Crippen LogP contribution in [0.4, 0.5) is 5.69 Å². The summed E-state index contributed by atoms with van der Waals surface area (Å²) in [5, 5.41) is 8.16. The monoisotopic (exact) mass is 390 g/mol.